The molecule has 1 aliphatic heterocycles. The minimum Gasteiger partial charge on any atom is -0.480 e. The fraction of sp³-hybridized carbons (Fsp3) is 0.413. The fourth-order valence-electron chi connectivity index (χ4n) is 7.92. The number of aliphatic carboxylic acids is 1. The number of carboxylic acid groups (broad SMARTS) is 1. The summed E-state index contributed by atoms with van der Waals surface area (Å²) in [5, 5.41) is 26.5. The second kappa shape index (κ2) is 20.1. The number of carbonyl (C=O) groups is 4. The Morgan fingerprint density at radius 2 is 1.60 bits per heavy atom. The zero-order chi connectivity index (χ0) is 42.8. The van der Waals surface area contributed by atoms with Crippen LogP contribution in [0.25, 0.3) is 0 Å². The second-order valence-corrected chi connectivity index (χ2v) is 16.8. The summed E-state index contributed by atoms with van der Waals surface area (Å²) in [6.07, 6.45) is 1.72. The highest BCUT2D eigenvalue weighted by atomic mass is 16.7. The molecule has 3 aromatic carbocycles. The molecule has 2 amide bonds. The number of hydrogen-bond acceptors (Lipinski definition) is 11. The summed E-state index contributed by atoms with van der Waals surface area (Å²) in [6.45, 7) is 7.99. The van der Waals surface area contributed by atoms with Gasteiger partial charge in [-0.2, -0.15) is 0 Å². The molecule has 0 spiro atoms. The van der Waals surface area contributed by atoms with Crippen LogP contribution in [0.5, 0.6) is 5.75 Å². The molecule has 14 heteroatoms. The average molecular weight is 821 g/mol. The quantitative estimate of drug-likeness (QED) is 0.0805. The van der Waals surface area contributed by atoms with Gasteiger partial charge in [-0.3, -0.25) is 29.2 Å². The van der Waals surface area contributed by atoms with Crippen LogP contribution in [0.2, 0.25) is 0 Å². The molecule has 2 heterocycles. The van der Waals surface area contributed by atoms with Gasteiger partial charge in [-0.25, -0.2) is 4.79 Å². The maximum absolute atomic E-state index is 14.4. The normalized spacial score (nSPS) is 19.6. The number of piperazine rings is 1. The molecule has 60 heavy (non-hydrogen) atoms. The van der Waals surface area contributed by atoms with E-state index in [1.54, 1.807) is 18.3 Å². The van der Waals surface area contributed by atoms with Crippen LogP contribution in [0.4, 0.5) is 4.79 Å². The number of hydrogen-bond donors (Lipinski definition) is 5. The van der Waals surface area contributed by atoms with Crippen molar-refractivity contribution in [2.24, 2.45) is 11.7 Å². The number of ether oxygens (including phenoxy) is 2. The molecule has 6 atom stereocenters. The Morgan fingerprint density at radius 3 is 2.30 bits per heavy atom. The van der Waals surface area contributed by atoms with Crippen molar-refractivity contribution in [1.29, 1.82) is 0 Å². The summed E-state index contributed by atoms with van der Waals surface area (Å²) < 4.78 is 11.7. The summed E-state index contributed by atoms with van der Waals surface area (Å²) in [5.74, 6) is -2.14. The van der Waals surface area contributed by atoms with Crippen molar-refractivity contribution in [2.45, 2.75) is 88.9 Å². The van der Waals surface area contributed by atoms with Gasteiger partial charge in [0, 0.05) is 63.0 Å². The van der Waals surface area contributed by atoms with Gasteiger partial charge in [0.2, 0.25) is 11.8 Å². The lowest BCUT2D eigenvalue weighted by Gasteiger charge is -2.42. The monoisotopic (exact) mass is 820 g/mol. The predicted molar refractivity (Wildman–Crippen MR) is 225 cm³/mol. The third-order valence-electron chi connectivity index (χ3n) is 10.8. The molecule has 0 saturated carbocycles. The van der Waals surface area contributed by atoms with E-state index in [2.05, 4.69) is 20.5 Å². The molecule has 0 bridgehead atoms. The zero-order valence-electron chi connectivity index (χ0n) is 34.4. The second-order valence-electron chi connectivity index (χ2n) is 16.8. The molecule has 6 N–H and O–H groups in total. The highest BCUT2D eigenvalue weighted by molar-refractivity contribution is 5.83. The number of fused-ring (bicyclic) bond motifs is 1. The van der Waals surface area contributed by atoms with Gasteiger partial charge >= 0.3 is 12.1 Å². The molecule has 1 fully saturated rings. The standard InChI is InChI=1S/C46H56N6O8/c1-46(2,3)50-43(55)39-29-51(27-32-12-9-19-48-26-32)20-21-52(39)28-36(60-45(58)59-35-17-15-31(16-18-35)23-38(47)44(56)57)24-34(22-30-10-5-4-6-11-30)42(54)49-41-37-14-8-7-13-33(37)25-40(41)53/h4-19,26,34,36,38-41,53H,20-25,27-29,47H2,1-3H3,(H,49,54)(H,50,55)(H,56,57)/t34?,36?,38?,39-,40+,41-/m0/s1. The molecule has 2 aliphatic rings. The lowest BCUT2D eigenvalue weighted by atomic mass is 9.91. The zero-order valence-corrected chi connectivity index (χ0v) is 34.4. The summed E-state index contributed by atoms with van der Waals surface area (Å²) >= 11 is 0. The number of carboxylic acids is 1. The van der Waals surface area contributed by atoms with Crippen LogP contribution in [0.1, 0.15) is 61.1 Å². The smallest absolute Gasteiger partial charge is 0.480 e. The maximum Gasteiger partial charge on any atom is 0.514 e. The van der Waals surface area contributed by atoms with E-state index in [-0.39, 0.29) is 37.0 Å². The first-order valence-electron chi connectivity index (χ1n) is 20.4. The van der Waals surface area contributed by atoms with Crippen molar-refractivity contribution in [2.75, 3.05) is 26.2 Å². The minimum atomic E-state index is -1.12. The van der Waals surface area contributed by atoms with Gasteiger partial charge in [-0.15, -0.1) is 0 Å². The fourth-order valence-corrected chi connectivity index (χ4v) is 7.92. The Hall–Kier alpha value is -5.67. The minimum absolute atomic E-state index is 0.0792. The third-order valence-corrected chi connectivity index (χ3v) is 10.8. The SMILES string of the molecule is CC(C)(C)NC(=O)[C@@H]1CN(Cc2cccnc2)CCN1CC(CC(Cc1ccccc1)C(=O)N[C@H]1c2ccccc2C[C@H]1O)OC(=O)Oc1ccc(CC(N)C(=O)O)cc1. The van der Waals surface area contributed by atoms with E-state index in [1.807, 2.05) is 98.6 Å². The summed E-state index contributed by atoms with van der Waals surface area (Å²) in [4.78, 5) is 61.9. The molecule has 4 aromatic rings. The number of aromatic nitrogens is 1. The van der Waals surface area contributed by atoms with Gasteiger partial charge in [-0.05, 0) is 86.1 Å². The van der Waals surface area contributed by atoms with E-state index in [0.29, 0.717) is 44.6 Å². The first kappa shape index (κ1) is 43.9. The Kier molecular flexibility index (Phi) is 14.7. The number of aliphatic hydroxyl groups is 1. The van der Waals surface area contributed by atoms with E-state index in [9.17, 15) is 29.4 Å². The molecule has 14 nitrogen and oxygen atoms in total. The van der Waals surface area contributed by atoms with Crippen molar-refractivity contribution >= 4 is 23.9 Å². The summed E-state index contributed by atoms with van der Waals surface area (Å²) in [7, 11) is 0. The highest BCUT2D eigenvalue weighted by Crippen LogP contribution is 2.32. The van der Waals surface area contributed by atoms with Gasteiger partial charge in [-0.1, -0.05) is 72.8 Å². The lowest BCUT2D eigenvalue weighted by Crippen LogP contribution is -2.62. The van der Waals surface area contributed by atoms with E-state index in [1.165, 1.54) is 12.1 Å². The van der Waals surface area contributed by atoms with E-state index < -0.39 is 53.9 Å². The third kappa shape index (κ3) is 12.4. The number of aliphatic hydroxyl groups excluding tert-OH is 1. The highest BCUT2D eigenvalue weighted by Gasteiger charge is 2.39. The largest absolute Gasteiger partial charge is 0.514 e. The molecule has 3 unspecified atom stereocenters. The van der Waals surface area contributed by atoms with Gasteiger partial charge in [0.15, 0.2) is 0 Å². The first-order chi connectivity index (χ1) is 28.7. The van der Waals surface area contributed by atoms with Crippen LogP contribution in [0, 0.1) is 5.92 Å². The van der Waals surface area contributed by atoms with Crippen molar-refractivity contribution in [3.05, 3.63) is 131 Å². The average Bonchev–Trinajstić information content (AvgIpc) is 3.52. The van der Waals surface area contributed by atoms with E-state index >= 15 is 0 Å². The van der Waals surface area contributed by atoms with Crippen LogP contribution < -0.4 is 21.1 Å². The molecule has 0 radical (unpaired) electrons. The molecule has 1 aliphatic carbocycles. The number of pyridine rings is 1. The molecule has 1 aromatic heterocycles. The molecular formula is C46H56N6O8. The van der Waals surface area contributed by atoms with Crippen LogP contribution in [-0.2, 0) is 44.9 Å². The van der Waals surface area contributed by atoms with E-state index in [4.69, 9.17) is 15.2 Å². The van der Waals surface area contributed by atoms with Crippen LogP contribution in [0.15, 0.2) is 103 Å². The number of nitrogens with one attached hydrogen (secondary N) is 2. The molecule has 318 valence electrons. The van der Waals surface area contributed by atoms with Crippen molar-refractivity contribution in [3.63, 3.8) is 0 Å². The number of rotatable bonds is 16. The first-order valence-corrected chi connectivity index (χ1v) is 20.4. The number of amides is 2. The molecule has 6 rings (SSSR count). The van der Waals surface area contributed by atoms with Crippen LogP contribution >= 0.6 is 0 Å². The van der Waals surface area contributed by atoms with Crippen molar-refractivity contribution in [1.82, 2.24) is 25.4 Å². The number of nitrogens with zero attached hydrogens (tertiary/aromatic N) is 3. The van der Waals surface area contributed by atoms with Crippen LogP contribution in [0.3, 0.4) is 0 Å². The van der Waals surface area contributed by atoms with Gasteiger partial charge < -0.3 is 36.1 Å². The number of carbonyl (C=O) groups excluding carboxylic acids is 3. The Labute approximate surface area is 351 Å². The van der Waals surface area contributed by atoms with Crippen LogP contribution in [-0.4, -0.2) is 105 Å². The Balaban J connectivity index is 1.26. The number of nitrogens with two attached hydrogens (primary N) is 1. The topological polar surface area (TPSA) is 197 Å². The maximum atomic E-state index is 14.4. The van der Waals surface area contributed by atoms with Crippen molar-refractivity contribution in [3.8, 4) is 5.75 Å². The Morgan fingerprint density at radius 1 is 0.900 bits per heavy atom. The van der Waals surface area contributed by atoms with Gasteiger partial charge in [0.25, 0.3) is 0 Å². The van der Waals surface area contributed by atoms with Gasteiger partial charge in [0.1, 0.15) is 23.9 Å². The lowest BCUT2D eigenvalue weighted by molar-refractivity contribution is -0.138. The summed E-state index contributed by atoms with van der Waals surface area (Å²) in [5.41, 5.74) is 9.60. The number of benzene rings is 3. The molecular weight excluding hydrogens is 765 g/mol. The van der Waals surface area contributed by atoms with E-state index in [0.717, 1.165) is 22.3 Å². The van der Waals surface area contributed by atoms with Crippen molar-refractivity contribution < 1.29 is 38.9 Å². The predicted octanol–water partition coefficient (Wildman–Crippen LogP) is 4.04. The van der Waals surface area contributed by atoms with Gasteiger partial charge in [0.05, 0.1) is 12.1 Å². The molecule has 1 saturated heterocycles. The Bertz CT molecular complexity index is 2060. The summed E-state index contributed by atoms with van der Waals surface area (Å²) in [6, 6.07) is 25.1.